The Balaban J connectivity index is 3.52. The second-order valence-corrected chi connectivity index (χ2v) is 5.86. The smallest absolute Gasteiger partial charge is 0.339 e. The van der Waals surface area contributed by atoms with Gasteiger partial charge in [-0.25, -0.2) is 13.2 Å². The van der Waals surface area contributed by atoms with E-state index in [1.807, 2.05) is 0 Å². The van der Waals surface area contributed by atoms with E-state index in [0.717, 1.165) is 19.4 Å². The molecule has 0 radical (unpaired) electrons. The number of aromatic hydroxyl groups is 1. The highest BCUT2D eigenvalue weighted by Crippen LogP contribution is 2.30. The largest absolute Gasteiger partial charge is 0.508 e. The van der Waals surface area contributed by atoms with Crippen LogP contribution in [-0.2, 0) is 19.4 Å². The third-order valence-electron chi connectivity index (χ3n) is 2.45. The molecule has 2 N–H and O–H groups in total. The van der Waals surface area contributed by atoms with Crippen molar-refractivity contribution in [2.75, 3.05) is 13.4 Å². The first-order valence-corrected chi connectivity index (χ1v) is 6.87. The molecule has 1 aromatic rings. The quantitative estimate of drug-likeness (QED) is 0.769. The Labute approximate surface area is 105 Å². The molecule has 0 fully saturated rings. The van der Waals surface area contributed by atoms with Crippen molar-refractivity contribution in [3.63, 3.8) is 0 Å². The summed E-state index contributed by atoms with van der Waals surface area (Å²) in [6, 6.07) is 2.25. The first-order valence-electron chi connectivity index (χ1n) is 4.98. The van der Waals surface area contributed by atoms with Crippen LogP contribution >= 0.6 is 0 Å². The fraction of sp³-hybridized carbons (Fsp3) is 0.364. The van der Waals surface area contributed by atoms with Crippen molar-refractivity contribution in [2.24, 2.45) is 0 Å². The SMILES string of the molecule is COC(=O)C(O)c1cc(O)c(C)cc1S(C)(=O)=O. The van der Waals surface area contributed by atoms with Crippen molar-refractivity contribution < 1.29 is 28.2 Å². The van der Waals surface area contributed by atoms with E-state index in [1.165, 1.54) is 13.0 Å². The molecule has 0 aliphatic rings. The summed E-state index contributed by atoms with van der Waals surface area (Å²) in [5.74, 6) is -1.21. The Hall–Kier alpha value is -1.60. The minimum absolute atomic E-state index is 0.201. The second kappa shape index (κ2) is 4.95. The number of hydrogen-bond acceptors (Lipinski definition) is 6. The van der Waals surface area contributed by atoms with Crippen LogP contribution in [0.2, 0.25) is 0 Å². The molecule has 0 bridgehead atoms. The standard InChI is InChI=1S/C11H14O6S/c1-6-4-9(18(3,15)16)7(5-8(6)12)10(13)11(14)17-2/h4-5,10,12-13H,1-3H3. The molecule has 7 heteroatoms. The molecule has 0 saturated carbocycles. The third-order valence-corrected chi connectivity index (χ3v) is 3.60. The van der Waals surface area contributed by atoms with Gasteiger partial charge in [-0.15, -0.1) is 0 Å². The highest BCUT2D eigenvalue weighted by atomic mass is 32.2. The lowest BCUT2D eigenvalue weighted by Gasteiger charge is -2.14. The molecule has 1 aromatic carbocycles. The van der Waals surface area contributed by atoms with Crippen molar-refractivity contribution >= 4 is 15.8 Å². The van der Waals surface area contributed by atoms with Crippen LogP contribution in [0.15, 0.2) is 17.0 Å². The number of phenols is 1. The van der Waals surface area contributed by atoms with Gasteiger partial charge in [0.15, 0.2) is 15.9 Å². The van der Waals surface area contributed by atoms with Gasteiger partial charge in [0, 0.05) is 11.8 Å². The van der Waals surface area contributed by atoms with Gasteiger partial charge in [0.05, 0.1) is 12.0 Å². The molecule has 0 aliphatic heterocycles. The summed E-state index contributed by atoms with van der Waals surface area (Å²) >= 11 is 0. The number of carbonyl (C=O) groups is 1. The molecule has 1 unspecified atom stereocenters. The maximum absolute atomic E-state index is 11.6. The molecule has 0 saturated heterocycles. The lowest BCUT2D eigenvalue weighted by atomic mass is 10.1. The minimum atomic E-state index is -3.64. The van der Waals surface area contributed by atoms with Crippen molar-refractivity contribution in [2.45, 2.75) is 17.9 Å². The first-order chi connectivity index (χ1) is 8.18. The van der Waals surface area contributed by atoms with Crippen LogP contribution in [0.25, 0.3) is 0 Å². The van der Waals surface area contributed by atoms with E-state index in [2.05, 4.69) is 4.74 Å². The normalized spacial score (nSPS) is 13.1. The number of phenolic OH excluding ortho intramolecular Hbond substituents is 1. The number of rotatable bonds is 3. The van der Waals surface area contributed by atoms with Gasteiger partial charge in [0.2, 0.25) is 0 Å². The summed E-state index contributed by atoms with van der Waals surface area (Å²) in [5.41, 5.74) is 0.128. The summed E-state index contributed by atoms with van der Waals surface area (Å²) in [6.07, 6.45) is -0.807. The molecule has 1 atom stereocenters. The summed E-state index contributed by atoms with van der Waals surface area (Å²) in [6.45, 7) is 1.51. The lowest BCUT2D eigenvalue weighted by molar-refractivity contribution is -0.150. The summed E-state index contributed by atoms with van der Waals surface area (Å²) in [7, 11) is -2.57. The number of methoxy groups -OCH3 is 1. The van der Waals surface area contributed by atoms with Crippen molar-refractivity contribution in [1.29, 1.82) is 0 Å². The summed E-state index contributed by atoms with van der Waals surface area (Å²) < 4.78 is 27.5. The van der Waals surface area contributed by atoms with E-state index >= 15 is 0 Å². The zero-order valence-corrected chi connectivity index (χ0v) is 11.0. The van der Waals surface area contributed by atoms with Gasteiger partial charge in [-0.05, 0) is 24.6 Å². The maximum atomic E-state index is 11.6. The number of esters is 1. The van der Waals surface area contributed by atoms with E-state index in [9.17, 15) is 23.4 Å². The zero-order chi connectivity index (χ0) is 14.1. The molecule has 0 aliphatic carbocycles. The van der Waals surface area contributed by atoms with Crippen LogP contribution in [-0.4, -0.2) is 38.0 Å². The fourth-order valence-electron chi connectivity index (χ4n) is 1.46. The molecule has 18 heavy (non-hydrogen) atoms. The van der Waals surface area contributed by atoms with Gasteiger partial charge in [-0.3, -0.25) is 0 Å². The van der Waals surface area contributed by atoms with Crippen molar-refractivity contribution in [3.05, 3.63) is 23.3 Å². The fourth-order valence-corrected chi connectivity index (χ4v) is 2.45. The molecule has 100 valence electrons. The number of ether oxygens (including phenoxy) is 1. The predicted octanol–water partition coefficient (Wildman–Crippen LogP) is 0.311. The van der Waals surface area contributed by atoms with Crippen LogP contribution in [0.1, 0.15) is 17.2 Å². The number of aryl methyl sites for hydroxylation is 1. The molecule has 0 spiro atoms. The van der Waals surface area contributed by atoms with Gasteiger partial charge in [0.1, 0.15) is 5.75 Å². The zero-order valence-electron chi connectivity index (χ0n) is 10.2. The average molecular weight is 274 g/mol. The van der Waals surface area contributed by atoms with Crippen LogP contribution < -0.4 is 0 Å². The molecule has 0 amide bonds. The number of carbonyl (C=O) groups excluding carboxylic acids is 1. The number of aliphatic hydroxyl groups is 1. The number of aliphatic hydroxyl groups excluding tert-OH is 1. The van der Waals surface area contributed by atoms with Crippen LogP contribution in [0.3, 0.4) is 0 Å². The van der Waals surface area contributed by atoms with E-state index in [-0.39, 0.29) is 16.2 Å². The Morgan fingerprint density at radius 1 is 1.39 bits per heavy atom. The van der Waals surface area contributed by atoms with Crippen LogP contribution in [0, 0.1) is 6.92 Å². The summed E-state index contributed by atoms with van der Waals surface area (Å²) in [4.78, 5) is 11.0. The Morgan fingerprint density at radius 2 is 1.94 bits per heavy atom. The van der Waals surface area contributed by atoms with E-state index in [0.29, 0.717) is 5.56 Å². The molecule has 0 aromatic heterocycles. The van der Waals surface area contributed by atoms with Gasteiger partial charge < -0.3 is 14.9 Å². The van der Waals surface area contributed by atoms with Gasteiger partial charge >= 0.3 is 5.97 Å². The molecule has 6 nitrogen and oxygen atoms in total. The first kappa shape index (κ1) is 14.5. The highest BCUT2D eigenvalue weighted by Gasteiger charge is 2.26. The number of sulfone groups is 1. The van der Waals surface area contributed by atoms with E-state index in [1.54, 1.807) is 0 Å². The Kier molecular flexibility index (Phi) is 3.98. The number of hydrogen-bond donors (Lipinski definition) is 2. The third kappa shape index (κ3) is 2.80. The Bertz CT molecular complexity index is 575. The van der Waals surface area contributed by atoms with Crippen LogP contribution in [0.5, 0.6) is 5.75 Å². The van der Waals surface area contributed by atoms with E-state index < -0.39 is 21.9 Å². The topological polar surface area (TPSA) is 101 Å². The van der Waals surface area contributed by atoms with Crippen molar-refractivity contribution in [1.82, 2.24) is 0 Å². The lowest BCUT2D eigenvalue weighted by Crippen LogP contribution is -2.17. The minimum Gasteiger partial charge on any atom is -0.508 e. The molecular formula is C11H14O6S. The van der Waals surface area contributed by atoms with Gasteiger partial charge in [0.25, 0.3) is 0 Å². The van der Waals surface area contributed by atoms with Gasteiger partial charge in [-0.1, -0.05) is 0 Å². The maximum Gasteiger partial charge on any atom is 0.339 e. The predicted molar refractivity (Wildman–Crippen MR) is 62.9 cm³/mol. The second-order valence-electron chi connectivity index (χ2n) is 3.87. The van der Waals surface area contributed by atoms with Crippen LogP contribution in [0.4, 0.5) is 0 Å². The van der Waals surface area contributed by atoms with Crippen molar-refractivity contribution in [3.8, 4) is 5.75 Å². The summed E-state index contributed by atoms with van der Waals surface area (Å²) in [5, 5.41) is 19.2. The van der Waals surface area contributed by atoms with Gasteiger partial charge in [-0.2, -0.15) is 0 Å². The number of benzene rings is 1. The Morgan fingerprint density at radius 3 is 2.39 bits per heavy atom. The monoisotopic (exact) mass is 274 g/mol. The van der Waals surface area contributed by atoms with E-state index in [4.69, 9.17) is 0 Å². The average Bonchev–Trinajstić information content (AvgIpc) is 2.28. The molecular weight excluding hydrogens is 260 g/mol. The molecule has 1 rings (SSSR count). The molecule has 0 heterocycles. The highest BCUT2D eigenvalue weighted by molar-refractivity contribution is 7.90.